The van der Waals surface area contributed by atoms with Gasteiger partial charge >= 0.3 is 18.0 Å². The Bertz CT molecular complexity index is 593. The van der Waals surface area contributed by atoms with Gasteiger partial charge in [0.15, 0.2) is 0 Å². The van der Waals surface area contributed by atoms with E-state index in [4.69, 9.17) is 9.84 Å². The van der Waals surface area contributed by atoms with Crippen LogP contribution >= 0.6 is 0 Å². The topological polar surface area (TPSA) is 113 Å². The van der Waals surface area contributed by atoms with Crippen molar-refractivity contribution < 1.29 is 29.3 Å². The number of hydrogen-bond acceptors (Lipinski definition) is 4. The van der Waals surface area contributed by atoms with Crippen molar-refractivity contribution in [2.75, 3.05) is 0 Å². The predicted octanol–water partition coefficient (Wildman–Crippen LogP) is 2.65. The molecule has 7 heteroatoms. The highest BCUT2D eigenvalue weighted by Gasteiger charge is 2.50. The molecule has 0 radical (unpaired) electrons. The fourth-order valence-electron chi connectivity index (χ4n) is 2.33. The smallest absolute Gasteiger partial charge is 0.408 e. The number of rotatable bonds is 7. The van der Waals surface area contributed by atoms with Gasteiger partial charge in [0.1, 0.15) is 12.1 Å². The maximum Gasteiger partial charge on any atom is 0.408 e. The van der Waals surface area contributed by atoms with Gasteiger partial charge in [-0.25, -0.2) is 9.59 Å². The summed E-state index contributed by atoms with van der Waals surface area (Å²) >= 11 is 0. The maximum absolute atomic E-state index is 12.1. The van der Waals surface area contributed by atoms with Crippen LogP contribution in [-0.4, -0.2) is 33.8 Å². The molecule has 132 valence electrons. The van der Waals surface area contributed by atoms with Crippen molar-refractivity contribution in [2.24, 2.45) is 5.41 Å². The minimum absolute atomic E-state index is 0.00849. The van der Waals surface area contributed by atoms with Crippen molar-refractivity contribution in [3.63, 3.8) is 0 Å². The molecule has 1 rings (SSSR count). The van der Waals surface area contributed by atoms with Crippen LogP contribution in [0.5, 0.6) is 0 Å². The Kier molecular flexibility index (Phi) is 6.34. The molecule has 1 aromatic rings. The first kappa shape index (κ1) is 19.5. The van der Waals surface area contributed by atoms with Gasteiger partial charge in [-0.3, -0.25) is 4.79 Å². The number of nitrogens with one attached hydrogen (secondary N) is 1. The summed E-state index contributed by atoms with van der Waals surface area (Å²) in [7, 11) is 0. The molecule has 7 nitrogen and oxygen atoms in total. The maximum atomic E-state index is 12.1. The number of carbonyl (C=O) groups excluding carboxylic acids is 1. The van der Waals surface area contributed by atoms with Crippen LogP contribution in [0.25, 0.3) is 0 Å². The molecule has 0 unspecified atom stereocenters. The van der Waals surface area contributed by atoms with E-state index in [0.29, 0.717) is 0 Å². The monoisotopic (exact) mass is 337 g/mol. The Morgan fingerprint density at radius 1 is 1.08 bits per heavy atom. The molecule has 1 atom stereocenters. The highest BCUT2D eigenvalue weighted by atomic mass is 16.5. The zero-order chi connectivity index (χ0) is 18.4. The van der Waals surface area contributed by atoms with Gasteiger partial charge in [-0.05, 0) is 17.4 Å². The minimum atomic E-state index is -1.75. The quantitative estimate of drug-likeness (QED) is 0.705. The van der Waals surface area contributed by atoms with Gasteiger partial charge in [0.05, 0.1) is 0 Å². The van der Waals surface area contributed by atoms with E-state index in [-0.39, 0.29) is 19.4 Å². The molecular weight excluding hydrogens is 314 g/mol. The second-order valence-corrected chi connectivity index (χ2v) is 6.54. The molecule has 0 aromatic heterocycles. The molecular formula is C17H23NO6. The molecule has 0 saturated carbocycles. The van der Waals surface area contributed by atoms with Crippen LogP contribution in [0, 0.1) is 5.41 Å². The first-order valence-corrected chi connectivity index (χ1v) is 7.52. The summed E-state index contributed by atoms with van der Waals surface area (Å²) in [6.45, 7) is 4.87. The van der Waals surface area contributed by atoms with Crippen molar-refractivity contribution in [1.29, 1.82) is 0 Å². The van der Waals surface area contributed by atoms with Gasteiger partial charge in [-0.2, -0.15) is 0 Å². The summed E-state index contributed by atoms with van der Waals surface area (Å²) in [6, 6.07) is 8.95. The van der Waals surface area contributed by atoms with E-state index in [9.17, 15) is 19.5 Å². The second kappa shape index (κ2) is 7.81. The lowest BCUT2D eigenvalue weighted by Gasteiger charge is -2.41. The third kappa shape index (κ3) is 4.97. The average Bonchev–Trinajstić information content (AvgIpc) is 2.48. The predicted molar refractivity (Wildman–Crippen MR) is 86.5 cm³/mol. The van der Waals surface area contributed by atoms with E-state index in [1.807, 2.05) is 6.07 Å². The van der Waals surface area contributed by atoms with Crippen LogP contribution < -0.4 is 5.32 Å². The van der Waals surface area contributed by atoms with Gasteiger partial charge in [0, 0.05) is 6.42 Å². The zero-order valence-electron chi connectivity index (χ0n) is 14.0. The van der Waals surface area contributed by atoms with Gasteiger partial charge in [-0.15, -0.1) is 0 Å². The molecule has 1 aromatic carbocycles. The van der Waals surface area contributed by atoms with Crippen molar-refractivity contribution in [3.05, 3.63) is 35.9 Å². The van der Waals surface area contributed by atoms with Crippen LogP contribution in [0.2, 0.25) is 0 Å². The Hall–Kier alpha value is -2.57. The van der Waals surface area contributed by atoms with Crippen LogP contribution in [0.15, 0.2) is 30.3 Å². The molecule has 0 saturated heterocycles. The van der Waals surface area contributed by atoms with Crippen molar-refractivity contribution in [1.82, 2.24) is 5.32 Å². The van der Waals surface area contributed by atoms with Crippen LogP contribution in [0.3, 0.4) is 0 Å². The first-order valence-electron chi connectivity index (χ1n) is 7.52. The number of ether oxygens (including phenoxy) is 1. The lowest BCUT2D eigenvalue weighted by atomic mass is 9.71. The van der Waals surface area contributed by atoms with Gasteiger partial charge in [0.2, 0.25) is 0 Å². The van der Waals surface area contributed by atoms with Crippen LogP contribution in [0.4, 0.5) is 4.79 Å². The summed E-state index contributed by atoms with van der Waals surface area (Å²) in [6.07, 6.45) is -1.54. The Balaban J connectivity index is 2.88. The highest BCUT2D eigenvalue weighted by Crippen LogP contribution is 2.35. The molecule has 0 bridgehead atoms. The van der Waals surface area contributed by atoms with Crippen LogP contribution in [0.1, 0.15) is 39.2 Å². The number of carboxylic acid groups (broad SMARTS) is 2. The summed E-state index contributed by atoms with van der Waals surface area (Å²) in [5.74, 6) is -2.43. The number of aliphatic carboxylic acids is 2. The summed E-state index contributed by atoms with van der Waals surface area (Å²) < 4.78 is 5.07. The Labute approximate surface area is 140 Å². The van der Waals surface area contributed by atoms with E-state index in [1.54, 1.807) is 45.0 Å². The third-order valence-electron chi connectivity index (χ3n) is 3.89. The molecule has 3 N–H and O–H groups in total. The van der Waals surface area contributed by atoms with E-state index in [2.05, 4.69) is 5.32 Å². The van der Waals surface area contributed by atoms with Gasteiger partial charge in [-0.1, -0.05) is 51.1 Å². The summed E-state index contributed by atoms with van der Waals surface area (Å²) in [5.41, 5.74) is -1.91. The third-order valence-corrected chi connectivity index (χ3v) is 3.89. The first-order chi connectivity index (χ1) is 11.1. The number of carbonyl (C=O) groups is 3. The second-order valence-electron chi connectivity index (χ2n) is 6.54. The lowest BCUT2D eigenvalue weighted by molar-refractivity contribution is -0.151. The van der Waals surface area contributed by atoms with Gasteiger partial charge in [0.25, 0.3) is 0 Å². The minimum Gasteiger partial charge on any atom is -0.481 e. The number of carboxylic acids is 2. The molecule has 1 amide bonds. The zero-order valence-corrected chi connectivity index (χ0v) is 14.0. The standard InChI is InChI=1S/C17H23NO6/c1-16(2,3)17(14(21)22,10-9-13(19)20)18-15(23)24-11-12-7-5-4-6-8-12/h4-8H,9-11H2,1-3H3,(H,18,23)(H,19,20)(H,21,22)/t17-/m0/s1. The molecule has 24 heavy (non-hydrogen) atoms. The number of hydrogen-bond donors (Lipinski definition) is 3. The fourth-order valence-corrected chi connectivity index (χ4v) is 2.33. The highest BCUT2D eigenvalue weighted by molar-refractivity contribution is 5.86. The SMILES string of the molecule is CC(C)(C)[C@@](CCC(=O)O)(NC(=O)OCc1ccccc1)C(=O)O. The van der Waals surface area contributed by atoms with Gasteiger partial charge < -0.3 is 20.3 Å². The molecule has 0 fully saturated rings. The van der Waals surface area contributed by atoms with E-state index >= 15 is 0 Å². The van der Waals surface area contributed by atoms with E-state index in [1.165, 1.54) is 0 Å². The summed E-state index contributed by atoms with van der Waals surface area (Å²) in [5, 5.41) is 20.9. The fraction of sp³-hybridized carbons (Fsp3) is 0.471. The number of amides is 1. The van der Waals surface area contributed by atoms with E-state index < -0.39 is 29.0 Å². The normalized spacial score (nSPS) is 13.6. The van der Waals surface area contributed by atoms with E-state index in [0.717, 1.165) is 5.56 Å². The molecule has 0 aliphatic carbocycles. The van der Waals surface area contributed by atoms with Crippen molar-refractivity contribution in [3.8, 4) is 0 Å². The Morgan fingerprint density at radius 3 is 2.12 bits per heavy atom. The largest absolute Gasteiger partial charge is 0.481 e. The molecule has 0 aliphatic rings. The average molecular weight is 337 g/mol. The lowest BCUT2D eigenvalue weighted by Crippen LogP contribution is -2.62. The number of alkyl carbamates (subject to hydrolysis) is 1. The van der Waals surface area contributed by atoms with Crippen LogP contribution in [-0.2, 0) is 20.9 Å². The Morgan fingerprint density at radius 2 is 1.67 bits per heavy atom. The molecule has 0 aliphatic heterocycles. The molecule has 0 heterocycles. The van der Waals surface area contributed by atoms with Crippen molar-refractivity contribution in [2.45, 2.75) is 45.8 Å². The summed E-state index contributed by atoms with van der Waals surface area (Å²) in [4.78, 5) is 34.8. The number of benzene rings is 1. The van der Waals surface area contributed by atoms with Crippen molar-refractivity contribution >= 4 is 18.0 Å². The molecule has 0 spiro atoms.